The highest BCUT2D eigenvalue weighted by Gasteiger charge is 2.38. The molecule has 0 aromatic carbocycles. The molecule has 0 saturated heterocycles. The van der Waals surface area contributed by atoms with E-state index in [0.29, 0.717) is 25.5 Å². The summed E-state index contributed by atoms with van der Waals surface area (Å²) in [6, 6.07) is 0. The molecule has 0 radical (unpaired) electrons. The van der Waals surface area contributed by atoms with Crippen LogP contribution in [0.3, 0.4) is 0 Å². The molecule has 2 N–H and O–H groups in total. The summed E-state index contributed by atoms with van der Waals surface area (Å²) in [6.07, 6.45) is 1.28. The molecule has 1 saturated carbocycles. The minimum atomic E-state index is -0.374. The largest absolute Gasteiger partial charge is 0.382 e. The second kappa shape index (κ2) is 6.18. The average Bonchev–Trinajstić information content (AvgIpc) is 2.94. The van der Waals surface area contributed by atoms with Crippen molar-refractivity contribution in [3.8, 4) is 0 Å². The molecule has 5 nitrogen and oxygen atoms in total. The molecule has 104 valence electrons. The van der Waals surface area contributed by atoms with Crippen LogP contribution < -0.4 is 10.6 Å². The van der Waals surface area contributed by atoms with Crippen molar-refractivity contribution in [3.05, 3.63) is 0 Å². The molecule has 0 heterocycles. The maximum absolute atomic E-state index is 11.6. The van der Waals surface area contributed by atoms with E-state index in [1.54, 1.807) is 7.11 Å². The van der Waals surface area contributed by atoms with Gasteiger partial charge >= 0.3 is 0 Å². The number of rotatable bonds is 7. The second-order valence-corrected chi connectivity index (χ2v) is 5.73. The summed E-state index contributed by atoms with van der Waals surface area (Å²) < 4.78 is 5.02. The predicted molar refractivity (Wildman–Crippen MR) is 69.0 cm³/mol. The zero-order chi connectivity index (χ0) is 13.8. The van der Waals surface area contributed by atoms with E-state index >= 15 is 0 Å². The molecule has 0 aromatic heterocycles. The molecular formula is C13H24N2O3. The molecule has 18 heavy (non-hydrogen) atoms. The standard InChI is InChI=1S/C13H24N2O3/c1-9-7-10(9)12(17)14-6-5-11(16)15-13(2,3)8-18-4/h9-10H,5-8H2,1-4H3,(H,14,17)(H,15,16). The van der Waals surface area contributed by atoms with Gasteiger partial charge in [-0.25, -0.2) is 0 Å². The topological polar surface area (TPSA) is 67.4 Å². The maximum atomic E-state index is 11.6. The highest BCUT2D eigenvalue weighted by Crippen LogP contribution is 2.37. The number of ether oxygens (including phenoxy) is 1. The van der Waals surface area contributed by atoms with Crippen LogP contribution in [0, 0.1) is 11.8 Å². The zero-order valence-corrected chi connectivity index (χ0v) is 11.7. The molecule has 1 rings (SSSR count). The van der Waals surface area contributed by atoms with Gasteiger partial charge < -0.3 is 15.4 Å². The molecule has 0 spiro atoms. The van der Waals surface area contributed by atoms with Crippen LogP contribution >= 0.6 is 0 Å². The Bertz CT molecular complexity index is 315. The minimum Gasteiger partial charge on any atom is -0.382 e. The number of methoxy groups -OCH3 is 1. The average molecular weight is 256 g/mol. The Morgan fingerprint density at radius 1 is 1.39 bits per heavy atom. The van der Waals surface area contributed by atoms with Crippen molar-refractivity contribution in [2.24, 2.45) is 11.8 Å². The van der Waals surface area contributed by atoms with E-state index in [9.17, 15) is 9.59 Å². The van der Waals surface area contributed by atoms with Crippen LogP contribution in [0.1, 0.15) is 33.6 Å². The van der Waals surface area contributed by atoms with Gasteiger partial charge in [-0.15, -0.1) is 0 Å². The van der Waals surface area contributed by atoms with E-state index in [-0.39, 0.29) is 23.3 Å². The first-order valence-corrected chi connectivity index (χ1v) is 6.43. The van der Waals surface area contributed by atoms with Crippen molar-refractivity contribution in [2.75, 3.05) is 20.3 Å². The van der Waals surface area contributed by atoms with Gasteiger partial charge in [0.05, 0.1) is 12.1 Å². The van der Waals surface area contributed by atoms with Crippen molar-refractivity contribution in [1.82, 2.24) is 10.6 Å². The van der Waals surface area contributed by atoms with Crippen LogP contribution in [0.5, 0.6) is 0 Å². The van der Waals surface area contributed by atoms with Crippen molar-refractivity contribution in [1.29, 1.82) is 0 Å². The van der Waals surface area contributed by atoms with E-state index in [4.69, 9.17) is 4.74 Å². The number of carbonyl (C=O) groups is 2. The molecule has 0 aromatic rings. The molecule has 0 aliphatic heterocycles. The summed E-state index contributed by atoms with van der Waals surface area (Å²) >= 11 is 0. The van der Waals surface area contributed by atoms with Gasteiger partial charge in [-0.1, -0.05) is 6.92 Å². The van der Waals surface area contributed by atoms with Crippen LogP contribution in [0.15, 0.2) is 0 Å². The van der Waals surface area contributed by atoms with Crippen LogP contribution in [0.2, 0.25) is 0 Å². The molecule has 1 aliphatic carbocycles. The van der Waals surface area contributed by atoms with Crippen molar-refractivity contribution in [3.63, 3.8) is 0 Å². The first-order valence-electron chi connectivity index (χ1n) is 6.43. The van der Waals surface area contributed by atoms with Gasteiger partial charge in [0.25, 0.3) is 0 Å². The highest BCUT2D eigenvalue weighted by atomic mass is 16.5. The summed E-state index contributed by atoms with van der Waals surface area (Å²) in [5, 5.41) is 5.66. The molecule has 0 bridgehead atoms. The molecule has 2 amide bonds. The Morgan fingerprint density at radius 3 is 2.50 bits per heavy atom. The third-order valence-electron chi connectivity index (χ3n) is 3.08. The lowest BCUT2D eigenvalue weighted by Gasteiger charge is -2.25. The Balaban J connectivity index is 2.15. The summed E-state index contributed by atoms with van der Waals surface area (Å²) in [4.78, 5) is 23.2. The molecule has 5 heteroatoms. The fraction of sp³-hybridized carbons (Fsp3) is 0.846. The van der Waals surface area contributed by atoms with Crippen LogP contribution in [0.25, 0.3) is 0 Å². The van der Waals surface area contributed by atoms with Crippen molar-refractivity contribution in [2.45, 2.75) is 39.2 Å². The zero-order valence-electron chi connectivity index (χ0n) is 11.7. The predicted octanol–water partition coefficient (Wildman–Crippen LogP) is 0.690. The van der Waals surface area contributed by atoms with Gasteiger partial charge in [0.1, 0.15) is 0 Å². The number of amides is 2. The fourth-order valence-corrected chi connectivity index (χ4v) is 1.95. The van der Waals surface area contributed by atoms with Crippen LogP contribution in [-0.4, -0.2) is 37.6 Å². The van der Waals surface area contributed by atoms with E-state index in [2.05, 4.69) is 17.6 Å². The number of hydrogen-bond donors (Lipinski definition) is 2. The summed E-state index contributed by atoms with van der Waals surface area (Å²) in [6.45, 7) is 6.73. The smallest absolute Gasteiger partial charge is 0.223 e. The minimum absolute atomic E-state index is 0.0683. The number of hydrogen-bond acceptors (Lipinski definition) is 3. The van der Waals surface area contributed by atoms with E-state index in [1.165, 1.54) is 0 Å². The van der Waals surface area contributed by atoms with Gasteiger partial charge in [-0.3, -0.25) is 9.59 Å². The van der Waals surface area contributed by atoms with E-state index < -0.39 is 0 Å². The normalized spacial score (nSPS) is 22.4. The second-order valence-electron chi connectivity index (χ2n) is 5.73. The lowest BCUT2D eigenvalue weighted by Crippen LogP contribution is -2.47. The van der Waals surface area contributed by atoms with Crippen molar-refractivity contribution < 1.29 is 14.3 Å². The van der Waals surface area contributed by atoms with E-state index in [1.807, 2.05) is 13.8 Å². The first kappa shape index (κ1) is 15.0. The summed E-state index contributed by atoms with van der Waals surface area (Å²) in [5.41, 5.74) is -0.374. The molecule has 2 unspecified atom stereocenters. The number of carbonyl (C=O) groups excluding carboxylic acids is 2. The van der Waals surface area contributed by atoms with Gasteiger partial charge in [0.2, 0.25) is 11.8 Å². The summed E-state index contributed by atoms with van der Waals surface area (Å²) in [7, 11) is 1.60. The number of nitrogens with one attached hydrogen (secondary N) is 2. The van der Waals surface area contributed by atoms with E-state index in [0.717, 1.165) is 6.42 Å². The fourth-order valence-electron chi connectivity index (χ4n) is 1.95. The summed E-state index contributed by atoms with van der Waals surface area (Å²) in [5.74, 6) is 0.671. The van der Waals surface area contributed by atoms with Gasteiger partial charge in [-0.05, 0) is 26.2 Å². The monoisotopic (exact) mass is 256 g/mol. The first-order chi connectivity index (χ1) is 8.35. The Labute approximate surface area is 109 Å². The van der Waals surface area contributed by atoms with Crippen molar-refractivity contribution >= 4 is 11.8 Å². The quantitative estimate of drug-likeness (QED) is 0.704. The third-order valence-corrected chi connectivity index (χ3v) is 3.08. The lowest BCUT2D eigenvalue weighted by molar-refractivity contribution is -0.124. The Morgan fingerprint density at radius 2 is 2.00 bits per heavy atom. The van der Waals surface area contributed by atoms with Gasteiger partial charge in [-0.2, -0.15) is 0 Å². The molecule has 1 aliphatic rings. The van der Waals surface area contributed by atoms with Crippen LogP contribution in [0.4, 0.5) is 0 Å². The SMILES string of the molecule is COCC(C)(C)NC(=O)CCNC(=O)C1CC1C. The molecule has 2 atom stereocenters. The van der Waals surface area contributed by atoms with Gasteiger partial charge in [0.15, 0.2) is 0 Å². The molecular weight excluding hydrogens is 232 g/mol. The Hall–Kier alpha value is -1.10. The lowest BCUT2D eigenvalue weighted by atomic mass is 10.1. The Kier molecular flexibility index (Phi) is 5.14. The maximum Gasteiger partial charge on any atom is 0.223 e. The third kappa shape index (κ3) is 5.04. The van der Waals surface area contributed by atoms with Gasteiger partial charge in [0, 0.05) is 26.0 Å². The van der Waals surface area contributed by atoms with Crippen LogP contribution in [-0.2, 0) is 14.3 Å². The highest BCUT2D eigenvalue weighted by molar-refractivity contribution is 5.82. The molecule has 1 fully saturated rings.